The van der Waals surface area contributed by atoms with Crippen molar-refractivity contribution in [2.75, 3.05) is 26.2 Å². The van der Waals surface area contributed by atoms with Crippen molar-refractivity contribution in [1.29, 1.82) is 0 Å². The van der Waals surface area contributed by atoms with E-state index in [4.69, 9.17) is 16.3 Å². The molecule has 2 saturated carbocycles. The van der Waals surface area contributed by atoms with Crippen LogP contribution in [0.1, 0.15) is 44.9 Å². The van der Waals surface area contributed by atoms with Gasteiger partial charge in [-0.3, -0.25) is 0 Å². The molecule has 1 unspecified atom stereocenters. The lowest BCUT2D eigenvalue weighted by atomic mass is 9.89. The quantitative estimate of drug-likeness (QED) is 0.561. The van der Waals surface area contributed by atoms with E-state index in [0.717, 1.165) is 17.8 Å². The van der Waals surface area contributed by atoms with E-state index in [2.05, 4.69) is 15.1 Å². The molecule has 166 valence electrons. The number of aromatic nitrogens is 2. The van der Waals surface area contributed by atoms with Gasteiger partial charge in [-0.2, -0.15) is 0 Å². The van der Waals surface area contributed by atoms with Crippen molar-refractivity contribution in [2.45, 2.75) is 44.9 Å². The van der Waals surface area contributed by atoms with Crippen molar-refractivity contribution >= 4 is 11.6 Å². The number of benzene rings is 1. The second kappa shape index (κ2) is 9.41. The average molecular weight is 444 g/mol. The number of fused-ring (bicyclic) bond motifs is 1. The summed E-state index contributed by atoms with van der Waals surface area (Å²) in [5, 5.41) is 8.82. The predicted molar refractivity (Wildman–Crippen MR) is 121 cm³/mol. The summed E-state index contributed by atoms with van der Waals surface area (Å²) in [4.78, 5) is 2.74. The van der Waals surface area contributed by atoms with Crippen LogP contribution in [0.25, 0.3) is 11.3 Å². The lowest BCUT2D eigenvalue weighted by molar-refractivity contribution is 0.199. The van der Waals surface area contributed by atoms with Gasteiger partial charge < -0.3 is 9.64 Å². The Morgan fingerprint density at radius 1 is 0.968 bits per heavy atom. The molecule has 31 heavy (non-hydrogen) atoms. The fourth-order valence-electron chi connectivity index (χ4n) is 5.98. The van der Waals surface area contributed by atoms with Gasteiger partial charge in [-0.25, -0.2) is 4.39 Å². The number of hydrogen-bond acceptors (Lipinski definition) is 4. The van der Waals surface area contributed by atoms with Gasteiger partial charge >= 0.3 is 0 Å². The monoisotopic (exact) mass is 443 g/mol. The van der Waals surface area contributed by atoms with Crippen molar-refractivity contribution in [2.24, 2.45) is 23.7 Å². The molecule has 5 rings (SSSR count). The Morgan fingerprint density at radius 2 is 1.74 bits per heavy atom. The van der Waals surface area contributed by atoms with Gasteiger partial charge in [0, 0.05) is 31.3 Å². The first-order valence-corrected chi connectivity index (χ1v) is 12.2. The maximum absolute atomic E-state index is 13.5. The van der Waals surface area contributed by atoms with Crippen LogP contribution in [-0.2, 0) is 0 Å². The molecule has 4 nitrogen and oxygen atoms in total. The second-order valence-electron chi connectivity index (χ2n) is 9.77. The molecule has 2 aromatic rings. The summed E-state index contributed by atoms with van der Waals surface area (Å²) in [6.45, 7) is 4.58. The fraction of sp³-hybridized carbons (Fsp3) is 0.600. The van der Waals surface area contributed by atoms with Crippen LogP contribution in [0.5, 0.6) is 5.88 Å². The SMILES string of the molecule is Fc1ccc(Cl)c(-c2ccc(OCC3C[C@@H]4CN(CC5CCCCC5)C[C@@H]4C3)nn2)c1. The summed E-state index contributed by atoms with van der Waals surface area (Å²) in [7, 11) is 0. The molecular formula is C25H31ClFN3O. The first-order chi connectivity index (χ1) is 15.1. The Labute approximate surface area is 189 Å². The first kappa shape index (κ1) is 21.1. The zero-order valence-electron chi connectivity index (χ0n) is 18.0. The molecule has 1 saturated heterocycles. The zero-order chi connectivity index (χ0) is 21.2. The van der Waals surface area contributed by atoms with E-state index in [1.807, 2.05) is 0 Å². The van der Waals surface area contributed by atoms with Crippen LogP contribution >= 0.6 is 11.6 Å². The zero-order valence-corrected chi connectivity index (χ0v) is 18.7. The van der Waals surface area contributed by atoms with Crippen molar-refractivity contribution in [3.8, 4) is 17.1 Å². The van der Waals surface area contributed by atoms with Crippen LogP contribution in [0.3, 0.4) is 0 Å². The Balaban J connectivity index is 1.09. The second-order valence-corrected chi connectivity index (χ2v) is 10.2. The van der Waals surface area contributed by atoms with Crippen molar-refractivity contribution in [3.63, 3.8) is 0 Å². The third kappa shape index (κ3) is 5.04. The molecule has 0 N–H and O–H groups in total. The predicted octanol–water partition coefficient (Wildman–Crippen LogP) is 5.85. The third-order valence-electron chi connectivity index (χ3n) is 7.48. The minimum Gasteiger partial charge on any atom is -0.476 e. The fourth-order valence-corrected chi connectivity index (χ4v) is 6.19. The van der Waals surface area contributed by atoms with Gasteiger partial charge in [0.2, 0.25) is 5.88 Å². The van der Waals surface area contributed by atoms with Crippen molar-refractivity contribution < 1.29 is 9.13 Å². The lowest BCUT2D eigenvalue weighted by Crippen LogP contribution is -2.30. The maximum atomic E-state index is 13.5. The molecule has 3 aliphatic rings. The van der Waals surface area contributed by atoms with Gasteiger partial charge in [-0.1, -0.05) is 30.9 Å². The van der Waals surface area contributed by atoms with Gasteiger partial charge in [0.25, 0.3) is 0 Å². The topological polar surface area (TPSA) is 38.2 Å². The summed E-state index contributed by atoms with van der Waals surface area (Å²) in [5.74, 6) is 3.39. The van der Waals surface area contributed by atoms with E-state index >= 15 is 0 Å². The van der Waals surface area contributed by atoms with E-state index < -0.39 is 0 Å². The van der Waals surface area contributed by atoms with E-state index in [0.29, 0.717) is 34.7 Å². The van der Waals surface area contributed by atoms with E-state index in [1.54, 1.807) is 12.1 Å². The smallest absolute Gasteiger partial charge is 0.233 e. The number of rotatable bonds is 6. The Bertz CT molecular complexity index is 873. The Kier molecular flexibility index (Phi) is 6.42. The minimum atomic E-state index is -0.342. The molecular weight excluding hydrogens is 413 g/mol. The Morgan fingerprint density at radius 3 is 2.45 bits per heavy atom. The molecule has 0 amide bonds. The third-order valence-corrected chi connectivity index (χ3v) is 7.81. The van der Waals surface area contributed by atoms with Crippen LogP contribution in [0.4, 0.5) is 4.39 Å². The van der Waals surface area contributed by atoms with Crippen LogP contribution in [0.15, 0.2) is 30.3 Å². The van der Waals surface area contributed by atoms with E-state index in [1.165, 1.54) is 82.8 Å². The highest BCUT2D eigenvalue weighted by molar-refractivity contribution is 6.33. The molecule has 6 heteroatoms. The largest absolute Gasteiger partial charge is 0.476 e. The highest BCUT2D eigenvalue weighted by atomic mass is 35.5. The molecule has 0 radical (unpaired) electrons. The summed E-state index contributed by atoms with van der Waals surface area (Å²) in [6, 6.07) is 7.83. The van der Waals surface area contributed by atoms with Gasteiger partial charge in [0.05, 0.1) is 17.3 Å². The molecule has 3 atom stereocenters. The number of nitrogens with zero attached hydrogens (tertiary/aromatic N) is 3. The first-order valence-electron chi connectivity index (χ1n) is 11.8. The minimum absolute atomic E-state index is 0.342. The highest BCUT2D eigenvalue weighted by Gasteiger charge is 2.41. The van der Waals surface area contributed by atoms with Crippen LogP contribution < -0.4 is 4.74 Å². The molecule has 2 heterocycles. The van der Waals surface area contributed by atoms with Gasteiger partial charge in [0.15, 0.2) is 0 Å². The highest BCUT2D eigenvalue weighted by Crippen LogP contribution is 2.42. The molecule has 0 spiro atoms. The summed E-state index contributed by atoms with van der Waals surface area (Å²) in [5.41, 5.74) is 1.09. The van der Waals surface area contributed by atoms with Crippen molar-refractivity contribution in [3.05, 3.63) is 41.2 Å². The lowest BCUT2D eigenvalue weighted by Gasteiger charge is -2.27. The summed E-state index contributed by atoms with van der Waals surface area (Å²) >= 11 is 6.16. The number of halogens is 2. The normalized spacial score (nSPS) is 26.8. The standard InChI is InChI=1S/C25H31ClFN3O/c26-23-7-6-21(27)12-22(23)24-8-9-25(29-28-24)31-16-18-10-19-14-30(15-20(19)11-18)13-17-4-2-1-3-5-17/h6-9,12,17-20H,1-5,10-11,13-16H2/t18?,19-,20+. The number of ether oxygens (including phenoxy) is 1. The van der Waals surface area contributed by atoms with Crippen molar-refractivity contribution in [1.82, 2.24) is 15.1 Å². The van der Waals surface area contributed by atoms with Gasteiger partial charge in [-0.15, -0.1) is 10.2 Å². The average Bonchev–Trinajstić information content (AvgIpc) is 3.33. The van der Waals surface area contributed by atoms with Gasteiger partial charge in [-0.05, 0) is 73.6 Å². The molecule has 1 aliphatic heterocycles. The van der Waals surface area contributed by atoms with Gasteiger partial charge in [0.1, 0.15) is 5.82 Å². The Hall–Kier alpha value is -1.72. The molecule has 0 bridgehead atoms. The summed E-state index contributed by atoms with van der Waals surface area (Å²) < 4.78 is 19.5. The molecule has 2 aliphatic carbocycles. The summed E-state index contributed by atoms with van der Waals surface area (Å²) in [6.07, 6.45) is 9.70. The maximum Gasteiger partial charge on any atom is 0.233 e. The van der Waals surface area contributed by atoms with Crippen LogP contribution in [0.2, 0.25) is 5.02 Å². The number of hydrogen-bond donors (Lipinski definition) is 0. The van der Waals surface area contributed by atoms with E-state index in [9.17, 15) is 4.39 Å². The van der Waals surface area contributed by atoms with Crippen LogP contribution in [0, 0.1) is 29.5 Å². The molecule has 3 fully saturated rings. The van der Waals surface area contributed by atoms with E-state index in [-0.39, 0.29) is 5.82 Å². The number of likely N-dealkylation sites (tertiary alicyclic amines) is 1. The molecule has 1 aromatic heterocycles. The van der Waals surface area contributed by atoms with Crippen LogP contribution in [-0.4, -0.2) is 41.3 Å². The molecule has 1 aromatic carbocycles.